The van der Waals surface area contributed by atoms with Gasteiger partial charge in [-0.3, -0.25) is 14.9 Å². The minimum Gasteiger partial charge on any atom is -0.349 e. The van der Waals surface area contributed by atoms with Crippen LogP contribution in [-0.2, 0) is 0 Å². The number of nitrogens with zero attached hydrogens (tertiary/aromatic N) is 1. The summed E-state index contributed by atoms with van der Waals surface area (Å²) < 4.78 is 0. The summed E-state index contributed by atoms with van der Waals surface area (Å²) in [6, 6.07) is 4.62. The van der Waals surface area contributed by atoms with Crippen molar-refractivity contribution in [3.05, 3.63) is 39.4 Å². The third kappa shape index (κ3) is 2.93. The first-order chi connectivity index (χ1) is 9.54. The van der Waals surface area contributed by atoms with Gasteiger partial charge in [-0.15, -0.1) is 11.6 Å². The Hall–Kier alpha value is -1.62. The summed E-state index contributed by atoms with van der Waals surface area (Å²) in [5, 5.41) is 13.9. The summed E-state index contributed by atoms with van der Waals surface area (Å²) in [7, 11) is 0. The molecule has 2 unspecified atom stereocenters. The molecular formula is C14H17ClN2O3. The Morgan fingerprint density at radius 3 is 2.90 bits per heavy atom. The molecule has 0 saturated heterocycles. The summed E-state index contributed by atoms with van der Waals surface area (Å²) >= 11 is 5.89. The van der Waals surface area contributed by atoms with Crippen LogP contribution >= 0.6 is 11.6 Å². The maximum atomic E-state index is 12.3. The highest BCUT2D eigenvalue weighted by atomic mass is 35.5. The molecule has 1 saturated carbocycles. The van der Waals surface area contributed by atoms with E-state index in [0.717, 1.165) is 19.3 Å². The highest BCUT2D eigenvalue weighted by Gasteiger charge is 2.29. The zero-order chi connectivity index (χ0) is 14.7. The molecule has 6 heteroatoms. The lowest BCUT2D eigenvalue weighted by Crippen LogP contribution is -2.38. The molecule has 0 radical (unpaired) electrons. The second kappa shape index (κ2) is 6.22. The number of alkyl halides is 1. The minimum absolute atomic E-state index is 0.0297. The topological polar surface area (TPSA) is 72.2 Å². The van der Waals surface area contributed by atoms with Crippen LogP contribution in [0.15, 0.2) is 18.2 Å². The standard InChI is InChI=1S/C14H17ClN2O3/c1-9-11(5-3-7-13(9)17(19)20)14(18)16-12-6-2-4-10(12)8-15/h3,5,7,10,12H,2,4,6,8H2,1H3,(H,16,18). The van der Waals surface area contributed by atoms with Gasteiger partial charge in [0.15, 0.2) is 0 Å². The summed E-state index contributed by atoms with van der Waals surface area (Å²) in [5.74, 6) is 0.562. The van der Waals surface area contributed by atoms with Gasteiger partial charge in [0.05, 0.1) is 4.92 Å². The molecule has 0 aromatic heterocycles. The Labute approximate surface area is 122 Å². The largest absolute Gasteiger partial charge is 0.349 e. The number of nitro benzene ring substituents is 1. The van der Waals surface area contributed by atoms with Gasteiger partial charge in [-0.1, -0.05) is 12.5 Å². The number of rotatable bonds is 4. The number of halogens is 1. The zero-order valence-electron chi connectivity index (χ0n) is 11.3. The van der Waals surface area contributed by atoms with Crippen molar-refractivity contribution >= 4 is 23.2 Å². The molecule has 5 nitrogen and oxygen atoms in total. The fraction of sp³-hybridized carbons (Fsp3) is 0.500. The smallest absolute Gasteiger partial charge is 0.273 e. The molecule has 1 amide bonds. The number of nitro groups is 1. The second-order valence-electron chi connectivity index (χ2n) is 5.13. The van der Waals surface area contributed by atoms with E-state index in [-0.39, 0.29) is 17.6 Å². The molecule has 20 heavy (non-hydrogen) atoms. The van der Waals surface area contributed by atoms with Crippen molar-refractivity contribution in [1.82, 2.24) is 5.32 Å². The Kier molecular flexibility index (Phi) is 4.60. The summed E-state index contributed by atoms with van der Waals surface area (Å²) in [4.78, 5) is 22.7. The molecule has 0 bridgehead atoms. The van der Waals surface area contributed by atoms with Crippen molar-refractivity contribution in [3.63, 3.8) is 0 Å². The van der Waals surface area contributed by atoms with E-state index in [1.54, 1.807) is 13.0 Å². The molecule has 1 aliphatic rings. The summed E-state index contributed by atoms with van der Waals surface area (Å²) in [6.45, 7) is 1.60. The first-order valence-electron chi connectivity index (χ1n) is 6.65. The maximum absolute atomic E-state index is 12.3. The van der Waals surface area contributed by atoms with Crippen LogP contribution in [0.2, 0.25) is 0 Å². The average molecular weight is 297 g/mol. The van der Waals surface area contributed by atoms with Crippen LogP contribution in [0.5, 0.6) is 0 Å². The predicted molar refractivity (Wildman–Crippen MR) is 77.1 cm³/mol. The van der Waals surface area contributed by atoms with E-state index in [1.807, 2.05) is 0 Å². The van der Waals surface area contributed by atoms with E-state index >= 15 is 0 Å². The molecule has 1 aliphatic carbocycles. The van der Waals surface area contributed by atoms with Gasteiger partial charge in [-0.05, 0) is 31.7 Å². The molecule has 0 heterocycles. The van der Waals surface area contributed by atoms with Crippen LogP contribution in [0.3, 0.4) is 0 Å². The Balaban J connectivity index is 2.17. The molecule has 108 valence electrons. The fourth-order valence-electron chi connectivity index (χ4n) is 2.72. The third-order valence-corrected chi connectivity index (χ3v) is 4.32. The molecule has 1 fully saturated rings. The molecule has 0 aliphatic heterocycles. The van der Waals surface area contributed by atoms with E-state index in [1.165, 1.54) is 12.1 Å². The SMILES string of the molecule is Cc1c(C(=O)NC2CCCC2CCl)cccc1[N+](=O)[O-]. The summed E-state index contributed by atoms with van der Waals surface area (Å²) in [6.07, 6.45) is 2.98. The number of nitrogens with one attached hydrogen (secondary N) is 1. The number of carbonyl (C=O) groups is 1. The van der Waals surface area contributed by atoms with Crippen LogP contribution in [0.1, 0.15) is 35.2 Å². The summed E-state index contributed by atoms with van der Waals surface area (Å²) in [5.41, 5.74) is 0.729. The van der Waals surface area contributed by atoms with Gasteiger partial charge >= 0.3 is 0 Å². The van der Waals surface area contributed by atoms with Crippen molar-refractivity contribution in [2.24, 2.45) is 5.92 Å². The number of hydrogen-bond acceptors (Lipinski definition) is 3. The number of amides is 1. The average Bonchev–Trinajstić information content (AvgIpc) is 2.85. The van der Waals surface area contributed by atoms with Gasteiger partial charge in [0.2, 0.25) is 0 Å². The first kappa shape index (κ1) is 14.8. The van der Waals surface area contributed by atoms with Crippen molar-refractivity contribution in [2.45, 2.75) is 32.2 Å². The Morgan fingerprint density at radius 1 is 1.50 bits per heavy atom. The highest BCUT2D eigenvalue weighted by Crippen LogP contribution is 2.27. The van der Waals surface area contributed by atoms with Crippen LogP contribution in [0.25, 0.3) is 0 Å². The van der Waals surface area contributed by atoms with Crippen LogP contribution in [0, 0.1) is 23.0 Å². The minimum atomic E-state index is -0.469. The molecule has 0 spiro atoms. The van der Waals surface area contributed by atoms with E-state index in [2.05, 4.69) is 5.32 Å². The monoisotopic (exact) mass is 296 g/mol. The second-order valence-corrected chi connectivity index (χ2v) is 5.44. The highest BCUT2D eigenvalue weighted by molar-refractivity contribution is 6.18. The van der Waals surface area contributed by atoms with E-state index in [9.17, 15) is 14.9 Å². The zero-order valence-corrected chi connectivity index (χ0v) is 12.0. The molecule has 2 atom stereocenters. The molecular weight excluding hydrogens is 280 g/mol. The van der Waals surface area contributed by atoms with Crippen molar-refractivity contribution in [3.8, 4) is 0 Å². The lowest BCUT2D eigenvalue weighted by molar-refractivity contribution is -0.385. The van der Waals surface area contributed by atoms with Crippen molar-refractivity contribution < 1.29 is 9.72 Å². The Bertz CT molecular complexity index is 533. The normalized spacial score (nSPS) is 21.7. The maximum Gasteiger partial charge on any atom is 0.273 e. The molecule has 1 N–H and O–H groups in total. The lowest BCUT2D eigenvalue weighted by atomic mass is 10.0. The van der Waals surface area contributed by atoms with Crippen LogP contribution in [-0.4, -0.2) is 22.8 Å². The first-order valence-corrected chi connectivity index (χ1v) is 7.19. The number of hydrogen-bond donors (Lipinski definition) is 1. The van der Waals surface area contributed by atoms with Gasteiger partial charge < -0.3 is 5.32 Å². The van der Waals surface area contributed by atoms with Gasteiger partial charge in [0, 0.05) is 29.1 Å². The van der Waals surface area contributed by atoms with Gasteiger partial charge in [-0.2, -0.15) is 0 Å². The van der Waals surface area contributed by atoms with Gasteiger partial charge in [0.25, 0.3) is 11.6 Å². The van der Waals surface area contributed by atoms with Gasteiger partial charge in [-0.25, -0.2) is 0 Å². The van der Waals surface area contributed by atoms with E-state index < -0.39 is 4.92 Å². The predicted octanol–water partition coefficient (Wildman–Crippen LogP) is 3.04. The quantitative estimate of drug-likeness (QED) is 0.527. The van der Waals surface area contributed by atoms with E-state index in [0.29, 0.717) is 22.9 Å². The van der Waals surface area contributed by atoms with Crippen molar-refractivity contribution in [2.75, 3.05) is 5.88 Å². The molecule has 1 aromatic rings. The van der Waals surface area contributed by atoms with Crippen molar-refractivity contribution in [1.29, 1.82) is 0 Å². The molecule has 2 rings (SSSR count). The van der Waals surface area contributed by atoms with Gasteiger partial charge in [0.1, 0.15) is 0 Å². The van der Waals surface area contributed by atoms with Crippen LogP contribution < -0.4 is 5.32 Å². The Morgan fingerprint density at radius 2 is 2.25 bits per heavy atom. The third-order valence-electron chi connectivity index (χ3n) is 3.92. The number of benzene rings is 1. The molecule has 1 aromatic carbocycles. The van der Waals surface area contributed by atoms with Crippen LogP contribution in [0.4, 0.5) is 5.69 Å². The van der Waals surface area contributed by atoms with E-state index in [4.69, 9.17) is 11.6 Å². The fourth-order valence-corrected chi connectivity index (χ4v) is 3.09. The number of carbonyl (C=O) groups excluding carboxylic acids is 1. The lowest BCUT2D eigenvalue weighted by Gasteiger charge is -2.19.